The van der Waals surface area contributed by atoms with Gasteiger partial charge in [0.1, 0.15) is 0 Å². The average Bonchev–Trinajstić information content (AvgIpc) is 1.93. The molecule has 0 aromatic heterocycles. The summed E-state index contributed by atoms with van der Waals surface area (Å²) in [5.41, 5.74) is 1.68. The Morgan fingerprint density at radius 1 is 1.45 bits per heavy atom. The number of benzene rings is 1. The number of hydrogen-bond donors (Lipinski definition) is 1. The first-order chi connectivity index (χ1) is 5.18. The third-order valence-electron chi connectivity index (χ3n) is 1.20. The molecule has 1 aromatic rings. The second-order valence-electron chi connectivity index (χ2n) is 2.36. The molecule has 0 saturated carbocycles. The van der Waals surface area contributed by atoms with Crippen LogP contribution in [0.25, 0.3) is 0 Å². The molecular weight excluding hydrogens is 138 g/mol. The maximum atomic E-state index is 10.6. The van der Waals surface area contributed by atoms with Crippen molar-refractivity contribution in [1.29, 1.82) is 0 Å². The summed E-state index contributed by atoms with van der Waals surface area (Å²) in [6.45, 7) is 3.39. The van der Waals surface area contributed by atoms with Crippen LogP contribution in [0.15, 0.2) is 12.1 Å². The molecule has 0 heterocycles. The number of amides is 1. The summed E-state index contributed by atoms with van der Waals surface area (Å²) in [7, 11) is 0. The Kier molecular flexibility index (Phi) is 2.26. The molecule has 2 nitrogen and oxygen atoms in total. The smallest absolute Gasteiger partial charge is 0.221 e. The van der Waals surface area contributed by atoms with Gasteiger partial charge in [-0.1, -0.05) is 0 Å². The molecule has 2 heteroatoms. The highest BCUT2D eigenvalue weighted by atomic mass is 16.1. The van der Waals surface area contributed by atoms with Crippen LogP contribution >= 0.6 is 0 Å². The van der Waals surface area contributed by atoms with Gasteiger partial charge in [-0.3, -0.25) is 4.79 Å². The first-order valence-corrected chi connectivity index (χ1v) is 3.36. The minimum absolute atomic E-state index is 0.0847. The van der Waals surface area contributed by atoms with E-state index in [9.17, 15) is 4.79 Å². The summed E-state index contributed by atoms with van der Waals surface area (Å²) in [6.07, 6.45) is 0. The molecule has 0 aliphatic rings. The lowest BCUT2D eigenvalue weighted by Gasteiger charge is -1.99. The second kappa shape index (κ2) is 3.19. The molecule has 11 heavy (non-hydrogen) atoms. The molecule has 0 unspecified atom stereocenters. The van der Waals surface area contributed by atoms with E-state index in [4.69, 9.17) is 0 Å². The van der Waals surface area contributed by atoms with Gasteiger partial charge in [0, 0.05) is 18.7 Å². The van der Waals surface area contributed by atoms with Crippen molar-refractivity contribution < 1.29 is 4.79 Å². The Labute approximate surface area is 66.2 Å². The van der Waals surface area contributed by atoms with Gasteiger partial charge in [-0.25, -0.2) is 0 Å². The van der Waals surface area contributed by atoms with Gasteiger partial charge in [-0.15, -0.1) is 0 Å². The van der Waals surface area contributed by atoms with E-state index >= 15 is 0 Å². The maximum Gasteiger partial charge on any atom is 0.221 e. The molecular formula is C9H9NO. The second-order valence-corrected chi connectivity index (χ2v) is 2.36. The predicted molar refractivity (Wildman–Crippen MR) is 43.2 cm³/mol. The van der Waals surface area contributed by atoms with Crippen LogP contribution in [0.2, 0.25) is 0 Å². The fraction of sp³-hybridized carbons (Fsp3) is 0.222. The van der Waals surface area contributed by atoms with Crippen molar-refractivity contribution in [2.75, 3.05) is 5.32 Å². The van der Waals surface area contributed by atoms with Gasteiger partial charge in [-0.2, -0.15) is 0 Å². The summed E-state index contributed by atoms with van der Waals surface area (Å²) >= 11 is 0. The Morgan fingerprint density at radius 2 is 2.18 bits per heavy atom. The number of nitrogens with one attached hydrogen (secondary N) is 1. The van der Waals surface area contributed by atoms with Crippen molar-refractivity contribution >= 4 is 11.6 Å². The van der Waals surface area contributed by atoms with E-state index in [0.717, 1.165) is 5.56 Å². The van der Waals surface area contributed by atoms with Crippen molar-refractivity contribution in [3.05, 3.63) is 29.8 Å². The number of carbonyl (C=O) groups excluding carboxylic acids is 1. The minimum atomic E-state index is -0.0847. The lowest BCUT2D eigenvalue weighted by Crippen LogP contribution is -2.05. The maximum absolute atomic E-state index is 10.6. The summed E-state index contributed by atoms with van der Waals surface area (Å²) < 4.78 is 0. The molecule has 1 amide bonds. The number of aryl methyl sites for hydroxylation is 1. The van der Waals surface area contributed by atoms with Gasteiger partial charge < -0.3 is 5.32 Å². The van der Waals surface area contributed by atoms with E-state index in [2.05, 4.69) is 17.4 Å². The number of carbonyl (C=O) groups is 1. The first kappa shape index (κ1) is 7.79. The lowest BCUT2D eigenvalue weighted by atomic mass is 10.2. The van der Waals surface area contributed by atoms with Gasteiger partial charge in [0.25, 0.3) is 0 Å². The lowest BCUT2D eigenvalue weighted by molar-refractivity contribution is -0.114. The topological polar surface area (TPSA) is 29.1 Å². The summed E-state index contributed by atoms with van der Waals surface area (Å²) in [6, 6.07) is 9.35. The Morgan fingerprint density at radius 3 is 2.64 bits per heavy atom. The third kappa shape index (κ3) is 2.42. The zero-order valence-electron chi connectivity index (χ0n) is 6.56. The highest BCUT2D eigenvalue weighted by molar-refractivity contribution is 5.88. The van der Waals surface area contributed by atoms with Crippen LogP contribution in [0.3, 0.4) is 0 Å². The van der Waals surface area contributed by atoms with Crippen LogP contribution in [-0.4, -0.2) is 5.91 Å². The van der Waals surface area contributed by atoms with Crippen LogP contribution < -0.4 is 5.32 Å². The fourth-order valence-corrected chi connectivity index (χ4v) is 0.717. The normalized spacial score (nSPS) is 9.27. The van der Waals surface area contributed by atoms with Gasteiger partial charge >= 0.3 is 0 Å². The van der Waals surface area contributed by atoms with E-state index < -0.39 is 0 Å². The fourth-order valence-electron chi connectivity index (χ4n) is 0.717. The van der Waals surface area contributed by atoms with E-state index in [1.54, 1.807) is 12.1 Å². The number of rotatable bonds is 1. The SMILES string of the molecule is CC(=O)Nc1[c]cc(C)[c]c1. The van der Waals surface area contributed by atoms with Crippen molar-refractivity contribution in [3.8, 4) is 0 Å². The van der Waals surface area contributed by atoms with Gasteiger partial charge in [0.15, 0.2) is 0 Å². The van der Waals surface area contributed by atoms with Gasteiger partial charge in [0.05, 0.1) is 0 Å². The molecule has 2 radical (unpaired) electrons. The average molecular weight is 147 g/mol. The molecule has 0 saturated heterocycles. The first-order valence-electron chi connectivity index (χ1n) is 3.36. The molecule has 0 aliphatic heterocycles. The summed E-state index contributed by atoms with van der Waals surface area (Å²) in [5, 5.41) is 2.61. The van der Waals surface area contributed by atoms with E-state index in [0.29, 0.717) is 5.69 Å². The molecule has 56 valence electrons. The molecule has 0 bridgehead atoms. The van der Waals surface area contributed by atoms with Crippen molar-refractivity contribution in [1.82, 2.24) is 0 Å². The Bertz CT molecular complexity index is 251. The molecule has 0 atom stereocenters. The van der Waals surface area contributed by atoms with Crippen LogP contribution in [0.1, 0.15) is 12.5 Å². The van der Waals surface area contributed by atoms with Gasteiger partial charge in [0.2, 0.25) is 5.91 Å². The molecule has 1 N–H and O–H groups in total. The number of hydrogen-bond acceptors (Lipinski definition) is 1. The van der Waals surface area contributed by atoms with Crippen molar-refractivity contribution in [2.45, 2.75) is 13.8 Å². The standard InChI is InChI=1S/C9H9NO/c1-7-3-5-9(6-4-7)10-8(2)11/h3,6H,1-2H3,(H,10,11). The van der Waals surface area contributed by atoms with E-state index in [1.807, 2.05) is 6.92 Å². The van der Waals surface area contributed by atoms with E-state index in [-0.39, 0.29) is 5.91 Å². The molecule has 1 rings (SSSR count). The highest BCUT2D eigenvalue weighted by Gasteiger charge is 1.93. The molecule has 0 fully saturated rings. The molecule has 0 aliphatic carbocycles. The van der Waals surface area contributed by atoms with Crippen LogP contribution in [0, 0.1) is 19.1 Å². The molecule has 0 spiro atoms. The summed E-state index contributed by atoms with van der Waals surface area (Å²) in [5.74, 6) is -0.0847. The monoisotopic (exact) mass is 147 g/mol. The van der Waals surface area contributed by atoms with Gasteiger partial charge in [-0.05, 0) is 30.7 Å². The summed E-state index contributed by atoms with van der Waals surface area (Å²) in [4.78, 5) is 10.6. The Balaban J connectivity index is 2.74. The largest absolute Gasteiger partial charge is 0.326 e. The zero-order chi connectivity index (χ0) is 8.27. The van der Waals surface area contributed by atoms with Crippen molar-refractivity contribution in [3.63, 3.8) is 0 Å². The van der Waals surface area contributed by atoms with E-state index in [1.165, 1.54) is 6.92 Å². The highest BCUT2D eigenvalue weighted by Crippen LogP contribution is 2.05. The number of anilines is 1. The van der Waals surface area contributed by atoms with Crippen molar-refractivity contribution in [2.24, 2.45) is 0 Å². The van der Waals surface area contributed by atoms with Crippen LogP contribution in [0.4, 0.5) is 5.69 Å². The predicted octanol–water partition coefficient (Wildman–Crippen LogP) is 1.55. The van der Waals surface area contributed by atoms with Crippen LogP contribution in [0.5, 0.6) is 0 Å². The zero-order valence-corrected chi connectivity index (χ0v) is 6.56. The molecule has 1 aromatic carbocycles. The minimum Gasteiger partial charge on any atom is -0.326 e. The van der Waals surface area contributed by atoms with Crippen LogP contribution in [-0.2, 0) is 4.79 Å². The quantitative estimate of drug-likeness (QED) is 0.641. The Hall–Kier alpha value is -1.31. The third-order valence-corrected chi connectivity index (χ3v) is 1.20.